The molecule has 0 aliphatic carbocycles. The summed E-state index contributed by atoms with van der Waals surface area (Å²) < 4.78 is 0. The van der Waals surface area contributed by atoms with Gasteiger partial charge in [0.25, 0.3) is 5.91 Å². The summed E-state index contributed by atoms with van der Waals surface area (Å²) in [5.41, 5.74) is 0.642. The van der Waals surface area contributed by atoms with Crippen molar-refractivity contribution in [1.82, 2.24) is 5.32 Å². The van der Waals surface area contributed by atoms with Gasteiger partial charge in [0.15, 0.2) is 0 Å². The summed E-state index contributed by atoms with van der Waals surface area (Å²) in [5, 5.41) is 13.4. The second-order valence-corrected chi connectivity index (χ2v) is 5.52. The summed E-state index contributed by atoms with van der Waals surface area (Å²) in [4.78, 5) is 23.2. The number of amides is 1. The maximum atomic E-state index is 12.2. The third kappa shape index (κ3) is 4.52. The molecule has 0 fully saturated rings. The minimum atomic E-state index is -1.02. The molecule has 1 atom stereocenters. The van der Waals surface area contributed by atoms with Crippen molar-refractivity contribution in [3.63, 3.8) is 0 Å². The van der Waals surface area contributed by atoms with E-state index < -0.39 is 5.97 Å². The molecule has 1 aromatic rings. The number of carboxylic acids is 1. The monoisotopic (exact) mass is 281 g/mol. The molecule has 2 N–H and O–H groups in total. The molecule has 5 heteroatoms. The van der Waals surface area contributed by atoms with Crippen molar-refractivity contribution in [2.75, 3.05) is 0 Å². The van der Waals surface area contributed by atoms with Crippen molar-refractivity contribution in [3.8, 4) is 0 Å². The lowest BCUT2D eigenvalue weighted by Gasteiger charge is -2.20. The Morgan fingerprint density at radius 1 is 1.47 bits per heavy atom. The Balaban J connectivity index is 2.83. The fourth-order valence-electron chi connectivity index (χ4n) is 1.77. The van der Waals surface area contributed by atoms with Gasteiger partial charge in [-0.15, -0.1) is 11.3 Å². The molecule has 1 amide bonds. The van der Waals surface area contributed by atoms with Gasteiger partial charge in [0.05, 0.1) is 4.88 Å². The van der Waals surface area contributed by atoms with E-state index in [0.29, 0.717) is 16.4 Å². The van der Waals surface area contributed by atoms with Crippen LogP contribution in [0.4, 0.5) is 0 Å². The van der Waals surface area contributed by atoms with Gasteiger partial charge in [-0.3, -0.25) is 4.79 Å². The summed E-state index contributed by atoms with van der Waals surface area (Å²) in [7, 11) is 0. The highest BCUT2D eigenvalue weighted by Crippen LogP contribution is 2.19. The number of carboxylic acid groups (broad SMARTS) is 1. The molecule has 0 saturated heterocycles. The zero-order chi connectivity index (χ0) is 14.4. The van der Waals surface area contributed by atoms with Gasteiger partial charge in [0, 0.05) is 12.1 Å². The van der Waals surface area contributed by atoms with Crippen molar-refractivity contribution >= 4 is 29.3 Å². The molecule has 0 bridgehead atoms. The number of hydrogen-bond acceptors (Lipinski definition) is 3. The predicted molar refractivity (Wildman–Crippen MR) is 77.4 cm³/mol. The van der Waals surface area contributed by atoms with E-state index in [1.54, 1.807) is 11.4 Å². The van der Waals surface area contributed by atoms with Gasteiger partial charge in [-0.05, 0) is 35.4 Å². The van der Waals surface area contributed by atoms with Gasteiger partial charge >= 0.3 is 5.97 Å². The average molecular weight is 281 g/mol. The van der Waals surface area contributed by atoms with Gasteiger partial charge in [0.2, 0.25) is 0 Å². The smallest absolute Gasteiger partial charge is 0.328 e. The van der Waals surface area contributed by atoms with Crippen molar-refractivity contribution < 1.29 is 14.7 Å². The molecule has 0 aliphatic heterocycles. The first-order valence-corrected chi connectivity index (χ1v) is 7.13. The zero-order valence-corrected chi connectivity index (χ0v) is 12.2. The van der Waals surface area contributed by atoms with E-state index in [9.17, 15) is 9.59 Å². The maximum Gasteiger partial charge on any atom is 0.328 e. The van der Waals surface area contributed by atoms with E-state index in [4.69, 9.17) is 5.11 Å². The van der Waals surface area contributed by atoms with E-state index >= 15 is 0 Å². The van der Waals surface area contributed by atoms with E-state index in [1.165, 1.54) is 17.4 Å². The predicted octanol–water partition coefficient (Wildman–Crippen LogP) is 3.01. The highest BCUT2D eigenvalue weighted by Gasteiger charge is 2.17. The lowest BCUT2D eigenvalue weighted by molar-refractivity contribution is -0.131. The van der Waals surface area contributed by atoms with Crippen LogP contribution < -0.4 is 5.32 Å². The Morgan fingerprint density at radius 3 is 2.68 bits per heavy atom. The summed E-state index contributed by atoms with van der Waals surface area (Å²) in [5.74, 6) is -0.793. The first-order valence-electron chi connectivity index (χ1n) is 6.25. The van der Waals surface area contributed by atoms with E-state index in [0.717, 1.165) is 12.5 Å². The van der Waals surface area contributed by atoms with Crippen LogP contribution in [-0.2, 0) is 4.79 Å². The molecular formula is C14H19NO3S. The third-order valence-electron chi connectivity index (χ3n) is 2.87. The minimum absolute atomic E-state index is 0.130. The van der Waals surface area contributed by atoms with Crippen LogP contribution in [0, 0.1) is 5.92 Å². The third-order valence-corrected chi connectivity index (χ3v) is 3.80. The number of aliphatic carboxylic acids is 1. The second-order valence-electron chi connectivity index (χ2n) is 4.61. The minimum Gasteiger partial charge on any atom is -0.478 e. The molecule has 0 spiro atoms. The van der Waals surface area contributed by atoms with Crippen LogP contribution in [0.2, 0.25) is 0 Å². The largest absolute Gasteiger partial charge is 0.478 e. The molecule has 0 saturated carbocycles. The van der Waals surface area contributed by atoms with Crippen molar-refractivity contribution in [2.24, 2.45) is 5.92 Å². The SMILES string of the molecule is CCC(NC(=O)c1sccc1C=CC(=O)O)C(C)C. The Hall–Kier alpha value is -1.62. The van der Waals surface area contributed by atoms with Gasteiger partial charge in [-0.25, -0.2) is 4.79 Å². The summed E-state index contributed by atoms with van der Waals surface area (Å²) in [6.07, 6.45) is 3.36. The van der Waals surface area contributed by atoms with E-state index in [1.807, 2.05) is 6.92 Å². The van der Waals surface area contributed by atoms with Crippen LogP contribution in [-0.4, -0.2) is 23.0 Å². The van der Waals surface area contributed by atoms with Crippen LogP contribution >= 0.6 is 11.3 Å². The molecule has 0 aliphatic rings. The Bertz CT molecular complexity index is 477. The average Bonchev–Trinajstić information content (AvgIpc) is 2.81. The van der Waals surface area contributed by atoms with Crippen molar-refractivity contribution in [1.29, 1.82) is 0 Å². The van der Waals surface area contributed by atoms with Crippen LogP contribution in [0.3, 0.4) is 0 Å². The lowest BCUT2D eigenvalue weighted by Crippen LogP contribution is -2.37. The van der Waals surface area contributed by atoms with Crippen LogP contribution in [0.25, 0.3) is 6.08 Å². The van der Waals surface area contributed by atoms with Crippen molar-refractivity contribution in [2.45, 2.75) is 33.2 Å². The Morgan fingerprint density at radius 2 is 2.16 bits per heavy atom. The van der Waals surface area contributed by atoms with Crippen LogP contribution in [0.5, 0.6) is 0 Å². The molecule has 104 valence electrons. The van der Waals surface area contributed by atoms with Crippen LogP contribution in [0.15, 0.2) is 17.5 Å². The molecular weight excluding hydrogens is 262 g/mol. The number of carbonyl (C=O) groups excluding carboxylic acids is 1. The molecule has 1 aromatic heterocycles. The summed E-state index contributed by atoms with van der Waals surface area (Å²) in [6, 6.07) is 1.88. The van der Waals surface area contributed by atoms with Gasteiger partial charge in [-0.2, -0.15) is 0 Å². The fourth-order valence-corrected chi connectivity index (χ4v) is 2.56. The highest BCUT2D eigenvalue weighted by atomic mass is 32.1. The molecule has 19 heavy (non-hydrogen) atoms. The summed E-state index contributed by atoms with van der Waals surface area (Å²) in [6.45, 7) is 6.16. The molecule has 1 rings (SSSR count). The van der Waals surface area contributed by atoms with Gasteiger partial charge in [-0.1, -0.05) is 20.8 Å². The topological polar surface area (TPSA) is 66.4 Å². The Kier molecular flexibility index (Phi) is 5.76. The molecule has 1 unspecified atom stereocenters. The second kappa shape index (κ2) is 7.09. The van der Waals surface area contributed by atoms with Crippen molar-refractivity contribution in [3.05, 3.63) is 28.0 Å². The summed E-state index contributed by atoms with van der Waals surface area (Å²) >= 11 is 1.32. The molecule has 0 radical (unpaired) electrons. The number of carbonyl (C=O) groups is 2. The van der Waals surface area contributed by atoms with E-state index in [2.05, 4.69) is 19.2 Å². The molecule has 4 nitrogen and oxygen atoms in total. The van der Waals surface area contributed by atoms with Gasteiger partial charge in [0.1, 0.15) is 0 Å². The number of rotatable bonds is 6. The zero-order valence-electron chi connectivity index (χ0n) is 11.3. The highest BCUT2D eigenvalue weighted by molar-refractivity contribution is 7.12. The molecule has 1 heterocycles. The van der Waals surface area contributed by atoms with Crippen LogP contribution in [0.1, 0.15) is 42.4 Å². The fraction of sp³-hybridized carbons (Fsp3) is 0.429. The quantitative estimate of drug-likeness (QED) is 0.788. The number of thiophene rings is 1. The Labute approximate surface area is 117 Å². The first-order chi connectivity index (χ1) is 8.95. The van der Waals surface area contributed by atoms with Gasteiger partial charge < -0.3 is 10.4 Å². The number of nitrogens with one attached hydrogen (secondary N) is 1. The number of hydrogen-bond donors (Lipinski definition) is 2. The molecule has 0 aromatic carbocycles. The first kappa shape index (κ1) is 15.4. The maximum absolute atomic E-state index is 12.2. The lowest BCUT2D eigenvalue weighted by atomic mass is 10.0. The van der Waals surface area contributed by atoms with E-state index in [-0.39, 0.29) is 11.9 Å². The standard InChI is InChI=1S/C14H19NO3S/c1-4-11(9(2)3)15-14(18)13-10(7-8-19-13)5-6-12(16)17/h5-9,11H,4H2,1-3H3,(H,15,18)(H,16,17). The normalized spacial score (nSPS) is 12.8.